The van der Waals surface area contributed by atoms with Gasteiger partial charge in [0.2, 0.25) is 16.0 Å². The minimum atomic E-state index is -3.95. The summed E-state index contributed by atoms with van der Waals surface area (Å²) in [7, 11) is 0.584. The van der Waals surface area contributed by atoms with Crippen molar-refractivity contribution < 1.29 is 22.6 Å². The molecule has 0 aromatic carbocycles. The molecular formula is C17H25ClN6O5S. The van der Waals surface area contributed by atoms with E-state index in [1.165, 1.54) is 33.5 Å². The van der Waals surface area contributed by atoms with Gasteiger partial charge in [0.25, 0.3) is 0 Å². The van der Waals surface area contributed by atoms with Crippen molar-refractivity contribution in [2.75, 3.05) is 32.7 Å². The number of sulfonamides is 1. The van der Waals surface area contributed by atoms with Crippen LogP contribution in [0.2, 0.25) is 5.02 Å². The van der Waals surface area contributed by atoms with Gasteiger partial charge in [-0.15, -0.1) is 10.2 Å². The van der Waals surface area contributed by atoms with Crippen LogP contribution < -0.4 is 4.72 Å². The predicted octanol–water partition coefficient (Wildman–Crippen LogP) is 1.52. The Morgan fingerprint density at radius 2 is 1.87 bits per heavy atom. The van der Waals surface area contributed by atoms with Crippen molar-refractivity contribution in [2.24, 2.45) is 0 Å². The molecule has 0 radical (unpaired) electrons. The topological polar surface area (TPSA) is 130 Å². The average Bonchev–Trinajstić information content (AvgIpc) is 3.37. The Hall–Kier alpha value is -1.86. The molecule has 3 rings (SSSR count). The van der Waals surface area contributed by atoms with Gasteiger partial charge >= 0.3 is 0 Å². The Morgan fingerprint density at radius 3 is 2.40 bits per heavy atom. The number of hydrogen-bond acceptors (Lipinski definition) is 9. The summed E-state index contributed by atoms with van der Waals surface area (Å²) >= 11 is 5.82. The van der Waals surface area contributed by atoms with E-state index in [0.29, 0.717) is 17.5 Å². The van der Waals surface area contributed by atoms with Gasteiger partial charge in [0.1, 0.15) is 18.0 Å². The SMILES string of the molecule is COCc1nnc(NS(=O)(=O)C(C)C(OC)c2ncc(Cl)cn2)n1C1(COC)CC1. The van der Waals surface area contributed by atoms with Crippen LogP contribution in [0.1, 0.15) is 37.5 Å². The molecule has 2 atom stereocenters. The molecule has 2 aromatic rings. The minimum absolute atomic E-state index is 0.107. The number of nitrogens with zero attached hydrogens (tertiary/aromatic N) is 5. The molecule has 1 N–H and O–H groups in total. The van der Waals surface area contributed by atoms with Crippen molar-refractivity contribution in [2.45, 2.75) is 43.3 Å². The molecule has 2 heterocycles. The quantitative estimate of drug-likeness (QED) is 0.530. The van der Waals surface area contributed by atoms with Gasteiger partial charge in [0.15, 0.2) is 11.6 Å². The summed E-state index contributed by atoms with van der Waals surface area (Å²) in [5.41, 5.74) is -0.396. The monoisotopic (exact) mass is 460 g/mol. The second kappa shape index (κ2) is 9.10. The van der Waals surface area contributed by atoms with E-state index in [4.69, 9.17) is 25.8 Å². The first-order valence-corrected chi connectivity index (χ1v) is 11.1. The van der Waals surface area contributed by atoms with E-state index in [2.05, 4.69) is 24.9 Å². The lowest BCUT2D eigenvalue weighted by Gasteiger charge is -2.24. The van der Waals surface area contributed by atoms with Gasteiger partial charge in [-0.25, -0.2) is 18.4 Å². The van der Waals surface area contributed by atoms with Crippen molar-refractivity contribution in [3.63, 3.8) is 0 Å². The van der Waals surface area contributed by atoms with Gasteiger partial charge in [-0.3, -0.25) is 9.29 Å². The summed E-state index contributed by atoms with van der Waals surface area (Å²) in [6.45, 7) is 2.10. The van der Waals surface area contributed by atoms with E-state index in [0.717, 1.165) is 12.8 Å². The number of halogens is 1. The summed E-state index contributed by atoms with van der Waals surface area (Å²) in [4.78, 5) is 8.17. The number of nitrogens with one attached hydrogen (secondary N) is 1. The van der Waals surface area contributed by atoms with Gasteiger partial charge < -0.3 is 14.2 Å². The smallest absolute Gasteiger partial charge is 0.240 e. The van der Waals surface area contributed by atoms with E-state index in [1.807, 2.05) is 0 Å². The Morgan fingerprint density at radius 1 is 1.20 bits per heavy atom. The molecule has 2 unspecified atom stereocenters. The fraction of sp³-hybridized carbons (Fsp3) is 0.647. The zero-order valence-corrected chi connectivity index (χ0v) is 18.8. The van der Waals surface area contributed by atoms with E-state index in [1.54, 1.807) is 11.7 Å². The highest BCUT2D eigenvalue weighted by Crippen LogP contribution is 2.46. The first-order valence-electron chi connectivity index (χ1n) is 9.22. The molecule has 1 fully saturated rings. The first-order chi connectivity index (χ1) is 14.3. The average molecular weight is 461 g/mol. The highest BCUT2D eigenvalue weighted by atomic mass is 35.5. The van der Waals surface area contributed by atoms with Gasteiger partial charge in [0.05, 0.1) is 17.2 Å². The minimum Gasteiger partial charge on any atom is -0.382 e. The van der Waals surface area contributed by atoms with Crippen LogP contribution in [0.15, 0.2) is 12.4 Å². The number of methoxy groups -OCH3 is 3. The van der Waals surface area contributed by atoms with Crippen LogP contribution in [0.4, 0.5) is 5.95 Å². The third-order valence-corrected chi connectivity index (χ3v) is 6.90. The summed E-state index contributed by atoms with van der Waals surface area (Å²) in [5, 5.41) is 7.47. The lowest BCUT2D eigenvalue weighted by atomic mass is 10.2. The summed E-state index contributed by atoms with van der Waals surface area (Å²) in [6, 6.07) is 0. The fourth-order valence-corrected chi connectivity index (χ4v) is 4.54. The highest BCUT2D eigenvalue weighted by Gasteiger charge is 2.48. The van der Waals surface area contributed by atoms with Gasteiger partial charge in [0, 0.05) is 33.7 Å². The normalized spacial score (nSPS) is 17.5. The first kappa shape index (κ1) is 22.8. The zero-order chi connectivity index (χ0) is 21.9. The Balaban J connectivity index is 1.90. The zero-order valence-electron chi connectivity index (χ0n) is 17.2. The van der Waals surface area contributed by atoms with Crippen molar-refractivity contribution in [3.8, 4) is 0 Å². The second-order valence-corrected chi connectivity index (χ2v) is 9.61. The molecule has 1 aliphatic carbocycles. The van der Waals surface area contributed by atoms with Crippen molar-refractivity contribution in [3.05, 3.63) is 29.1 Å². The Kier molecular flexibility index (Phi) is 6.92. The molecule has 30 heavy (non-hydrogen) atoms. The molecule has 11 nitrogen and oxygen atoms in total. The number of anilines is 1. The largest absolute Gasteiger partial charge is 0.382 e. The third kappa shape index (κ3) is 4.57. The molecule has 0 saturated heterocycles. The van der Waals surface area contributed by atoms with E-state index >= 15 is 0 Å². The molecule has 0 bridgehead atoms. The van der Waals surface area contributed by atoms with Crippen LogP contribution in [0.3, 0.4) is 0 Å². The number of hydrogen-bond donors (Lipinski definition) is 1. The van der Waals surface area contributed by atoms with Crippen LogP contribution >= 0.6 is 11.6 Å². The molecule has 0 spiro atoms. The maximum absolute atomic E-state index is 13.1. The van der Waals surface area contributed by atoms with Gasteiger partial charge in [-0.1, -0.05) is 11.6 Å². The highest BCUT2D eigenvalue weighted by molar-refractivity contribution is 7.93. The van der Waals surface area contributed by atoms with Crippen molar-refractivity contribution in [1.29, 1.82) is 0 Å². The molecule has 0 aliphatic heterocycles. The van der Waals surface area contributed by atoms with E-state index < -0.39 is 26.9 Å². The Bertz CT molecular complexity index is 964. The maximum atomic E-state index is 13.1. The molecule has 166 valence electrons. The lowest BCUT2D eigenvalue weighted by molar-refractivity contribution is 0.0950. The molecule has 1 aliphatic rings. The van der Waals surface area contributed by atoms with E-state index in [-0.39, 0.29) is 18.4 Å². The van der Waals surface area contributed by atoms with Crippen LogP contribution in [0, 0.1) is 0 Å². The molecule has 13 heteroatoms. The molecule has 1 saturated carbocycles. The number of rotatable bonds is 11. The standard InChI is InChI=1S/C17H25ClN6O5S/c1-11(14(29-4)15-19-7-12(18)8-20-15)30(25,26)23-16-22-21-13(9-27-2)24(16)17(5-6-17)10-28-3/h7-8,11,14H,5-6,9-10H2,1-4H3,(H,22,23). The molecular weight excluding hydrogens is 436 g/mol. The summed E-state index contributed by atoms with van der Waals surface area (Å²) < 4.78 is 46.5. The fourth-order valence-electron chi connectivity index (χ4n) is 3.31. The lowest BCUT2D eigenvalue weighted by Crippen LogP contribution is -2.35. The Labute approximate surface area is 180 Å². The molecule has 2 aromatic heterocycles. The number of aromatic nitrogens is 5. The number of ether oxygens (including phenoxy) is 3. The maximum Gasteiger partial charge on any atom is 0.240 e. The predicted molar refractivity (Wildman–Crippen MR) is 109 cm³/mol. The van der Waals surface area contributed by atoms with Crippen LogP contribution in [0.5, 0.6) is 0 Å². The van der Waals surface area contributed by atoms with Crippen LogP contribution in [-0.2, 0) is 36.4 Å². The van der Waals surface area contributed by atoms with Gasteiger partial charge in [-0.05, 0) is 19.8 Å². The summed E-state index contributed by atoms with van der Waals surface area (Å²) in [5.74, 6) is 0.830. The molecule has 0 amide bonds. The van der Waals surface area contributed by atoms with Gasteiger partial charge in [-0.2, -0.15) is 0 Å². The van der Waals surface area contributed by atoms with Crippen molar-refractivity contribution in [1.82, 2.24) is 24.7 Å². The van der Waals surface area contributed by atoms with Crippen LogP contribution in [0.25, 0.3) is 0 Å². The third-order valence-electron chi connectivity index (χ3n) is 5.02. The summed E-state index contributed by atoms with van der Waals surface area (Å²) in [6.07, 6.45) is 3.50. The van der Waals surface area contributed by atoms with E-state index in [9.17, 15) is 8.42 Å². The van der Waals surface area contributed by atoms with Crippen molar-refractivity contribution >= 4 is 27.6 Å². The second-order valence-electron chi connectivity index (χ2n) is 7.13. The van der Waals surface area contributed by atoms with Crippen LogP contribution in [-0.4, -0.2) is 66.3 Å².